The van der Waals surface area contributed by atoms with Gasteiger partial charge < -0.3 is 15.4 Å². The molecule has 2 atom stereocenters. The van der Waals surface area contributed by atoms with Crippen LogP contribution in [-0.2, 0) is 0 Å². The number of rotatable bonds is 4. The maximum Gasteiger partial charge on any atom is 0.218 e. The van der Waals surface area contributed by atoms with E-state index >= 15 is 0 Å². The van der Waals surface area contributed by atoms with E-state index in [1.165, 1.54) is 12.8 Å². The number of piperidine rings is 1. The third-order valence-corrected chi connectivity index (χ3v) is 3.64. The Morgan fingerprint density at radius 2 is 2.26 bits per heavy atom. The molecule has 1 saturated heterocycles. The molecular formula is C14H24N4O. The predicted octanol–water partition coefficient (Wildman–Crippen LogP) is 1.83. The van der Waals surface area contributed by atoms with Gasteiger partial charge in [0.15, 0.2) is 0 Å². The first-order valence-corrected chi connectivity index (χ1v) is 7.07. The lowest BCUT2D eigenvalue weighted by atomic mass is 9.91. The molecule has 0 spiro atoms. The first-order valence-electron chi connectivity index (χ1n) is 7.07. The van der Waals surface area contributed by atoms with Gasteiger partial charge in [0, 0.05) is 25.2 Å². The summed E-state index contributed by atoms with van der Waals surface area (Å²) >= 11 is 0. The Morgan fingerprint density at radius 1 is 1.47 bits per heavy atom. The summed E-state index contributed by atoms with van der Waals surface area (Å²) in [5, 5.41) is 0. The van der Waals surface area contributed by atoms with Crippen LogP contribution in [0, 0.1) is 5.92 Å². The number of anilines is 1. The summed E-state index contributed by atoms with van der Waals surface area (Å²) in [7, 11) is 0. The molecule has 2 rings (SSSR count). The Bertz CT molecular complexity index is 410. The van der Waals surface area contributed by atoms with Crippen molar-refractivity contribution >= 4 is 5.82 Å². The summed E-state index contributed by atoms with van der Waals surface area (Å²) in [5.41, 5.74) is 5.92. The predicted molar refractivity (Wildman–Crippen MR) is 76.4 cm³/mol. The van der Waals surface area contributed by atoms with Crippen molar-refractivity contribution in [3.8, 4) is 5.88 Å². The standard InChI is InChI=1S/C14H24N4O/c1-10(2)19-14-7-13(16-9-17-14)18-6-4-5-11(3)12(18)8-15/h7,9-12H,4-6,8,15H2,1-3H3. The van der Waals surface area contributed by atoms with E-state index in [1.807, 2.05) is 19.9 Å². The summed E-state index contributed by atoms with van der Waals surface area (Å²) in [6, 6.07) is 2.27. The quantitative estimate of drug-likeness (QED) is 0.898. The second kappa shape index (κ2) is 6.19. The molecule has 1 aliphatic heterocycles. The van der Waals surface area contributed by atoms with Gasteiger partial charge in [-0.25, -0.2) is 9.97 Å². The Hall–Kier alpha value is -1.36. The summed E-state index contributed by atoms with van der Waals surface area (Å²) in [6.45, 7) is 7.91. The normalized spacial score (nSPS) is 23.7. The molecule has 1 aliphatic rings. The van der Waals surface area contributed by atoms with Crippen LogP contribution in [0.3, 0.4) is 0 Å². The maximum absolute atomic E-state index is 5.92. The average molecular weight is 264 g/mol. The fourth-order valence-electron chi connectivity index (χ4n) is 2.69. The van der Waals surface area contributed by atoms with Crippen LogP contribution in [0.2, 0.25) is 0 Å². The fraction of sp³-hybridized carbons (Fsp3) is 0.714. The first kappa shape index (κ1) is 14.1. The van der Waals surface area contributed by atoms with Crippen molar-refractivity contribution in [1.29, 1.82) is 0 Å². The topological polar surface area (TPSA) is 64.3 Å². The van der Waals surface area contributed by atoms with Crippen molar-refractivity contribution in [2.45, 2.75) is 45.8 Å². The van der Waals surface area contributed by atoms with Crippen LogP contribution in [0.1, 0.15) is 33.6 Å². The van der Waals surface area contributed by atoms with Crippen LogP contribution in [-0.4, -0.2) is 35.2 Å². The van der Waals surface area contributed by atoms with Crippen molar-refractivity contribution in [3.05, 3.63) is 12.4 Å². The molecule has 0 radical (unpaired) electrons. The van der Waals surface area contributed by atoms with E-state index in [0.717, 1.165) is 12.4 Å². The summed E-state index contributed by atoms with van der Waals surface area (Å²) in [4.78, 5) is 10.8. The van der Waals surface area contributed by atoms with E-state index in [2.05, 4.69) is 21.8 Å². The molecule has 5 nitrogen and oxygen atoms in total. The highest BCUT2D eigenvalue weighted by molar-refractivity contribution is 5.43. The van der Waals surface area contributed by atoms with E-state index < -0.39 is 0 Å². The number of nitrogens with zero attached hydrogens (tertiary/aromatic N) is 3. The van der Waals surface area contributed by atoms with E-state index in [-0.39, 0.29) is 6.10 Å². The second-order valence-electron chi connectivity index (χ2n) is 5.50. The molecular weight excluding hydrogens is 240 g/mol. The third-order valence-electron chi connectivity index (χ3n) is 3.64. The minimum atomic E-state index is 0.119. The molecule has 0 bridgehead atoms. The molecule has 1 aromatic rings. The van der Waals surface area contributed by atoms with Crippen molar-refractivity contribution in [1.82, 2.24) is 9.97 Å². The zero-order valence-corrected chi connectivity index (χ0v) is 12.0. The largest absolute Gasteiger partial charge is 0.475 e. The number of nitrogens with two attached hydrogens (primary N) is 1. The minimum Gasteiger partial charge on any atom is -0.475 e. The molecule has 106 valence electrons. The molecule has 2 N–H and O–H groups in total. The van der Waals surface area contributed by atoms with Crippen LogP contribution in [0.25, 0.3) is 0 Å². The van der Waals surface area contributed by atoms with Crippen LogP contribution in [0.15, 0.2) is 12.4 Å². The van der Waals surface area contributed by atoms with Gasteiger partial charge in [-0.2, -0.15) is 0 Å². The lowest BCUT2D eigenvalue weighted by Crippen LogP contribution is -2.49. The van der Waals surface area contributed by atoms with Gasteiger partial charge in [0.25, 0.3) is 0 Å². The van der Waals surface area contributed by atoms with Crippen LogP contribution in [0.4, 0.5) is 5.82 Å². The number of hydrogen-bond acceptors (Lipinski definition) is 5. The Balaban J connectivity index is 2.19. The molecule has 0 amide bonds. The van der Waals surface area contributed by atoms with Gasteiger partial charge in [-0.05, 0) is 32.6 Å². The van der Waals surface area contributed by atoms with Crippen LogP contribution >= 0.6 is 0 Å². The number of hydrogen-bond donors (Lipinski definition) is 1. The first-order chi connectivity index (χ1) is 9.11. The molecule has 2 unspecified atom stereocenters. The zero-order valence-electron chi connectivity index (χ0n) is 12.0. The Labute approximate surface area is 115 Å². The number of ether oxygens (including phenoxy) is 1. The highest BCUT2D eigenvalue weighted by atomic mass is 16.5. The van der Waals surface area contributed by atoms with E-state index in [4.69, 9.17) is 10.5 Å². The maximum atomic E-state index is 5.92. The van der Waals surface area contributed by atoms with E-state index in [1.54, 1.807) is 6.33 Å². The second-order valence-corrected chi connectivity index (χ2v) is 5.50. The highest BCUT2D eigenvalue weighted by Gasteiger charge is 2.28. The van der Waals surface area contributed by atoms with E-state index in [0.29, 0.717) is 24.4 Å². The third kappa shape index (κ3) is 3.35. The van der Waals surface area contributed by atoms with Gasteiger partial charge in [-0.1, -0.05) is 6.92 Å². The lowest BCUT2D eigenvalue weighted by Gasteiger charge is -2.40. The highest BCUT2D eigenvalue weighted by Crippen LogP contribution is 2.28. The zero-order chi connectivity index (χ0) is 13.8. The van der Waals surface area contributed by atoms with Gasteiger partial charge in [0.05, 0.1) is 6.10 Å². The molecule has 0 aromatic carbocycles. The molecule has 1 aromatic heterocycles. The average Bonchev–Trinajstić information content (AvgIpc) is 2.38. The SMILES string of the molecule is CC(C)Oc1cc(N2CCCC(C)C2CN)ncn1. The molecule has 0 aliphatic carbocycles. The van der Waals surface area contributed by atoms with Crippen molar-refractivity contribution in [3.63, 3.8) is 0 Å². The molecule has 5 heteroatoms. The lowest BCUT2D eigenvalue weighted by molar-refractivity contribution is 0.232. The van der Waals surface area contributed by atoms with E-state index in [9.17, 15) is 0 Å². The van der Waals surface area contributed by atoms with Gasteiger partial charge in [0.2, 0.25) is 5.88 Å². The van der Waals surface area contributed by atoms with Crippen molar-refractivity contribution in [2.75, 3.05) is 18.0 Å². The molecule has 1 fully saturated rings. The smallest absolute Gasteiger partial charge is 0.218 e. The van der Waals surface area contributed by atoms with Crippen LogP contribution < -0.4 is 15.4 Å². The minimum absolute atomic E-state index is 0.119. The monoisotopic (exact) mass is 264 g/mol. The van der Waals surface area contributed by atoms with Gasteiger partial charge >= 0.3 is 0 Å². The summed E-state index contributed by atoms with van der Waals surface area (Å²) in [6.07, 6.45) is 4.11. The number of aromatic nitrogens is 2. The molecule has 19 heavy (non-hydrogen) atoms. The van der Waals surface area contributed by atoms with Gasteiger partial charge in [0.1, 0.15) is 12.1 Å². The van der Waals surface area contributed by atoms with Crippen LogP contribution in [0.5, 0.6) is 5.88 Å². The molecule has 2 heterocycles. The van der Waals surface area contributed by atoms with Gasteiger partial charge in [-0.15, -0.1) is 0 Å². The summed E-state index contributed by atoms with van der Waals surface area (Å²) in [5.74, 6) is 2.16. The van der Waals surface area contributed by atoms with Crippen molar-refractivity contribution < 1.29 is 4.74 Å². The van der Waals surface area contributed by atoms with Crippen molar-refractivity contribution in [2.24, 2.45) is 11.7 Å². The fourth-order valence-corrected chi connectivity index (χ4v) is 2.69. The van der Waals surface area contributed by atoms with Gasteiger partial charge in [-0.3, -0.25) is 0 Å². The Morgan fingerprint density at radius 3 is 2.95 bits per heavy atom. The Kier molecular flexibility index (Phi) is 4.58. The molecule has 0 saturated carbocycles. The summed E-state index contributed by atoms with van der Waals surface area (Å²) < 4.78 is 5.63.